The van der Waals surface area contributed by atoms with E-state index in [-0.39, 0.29) is 16.7 Å². The fourth-order valence-corrected chi connectivity index (χ4v) is 3.94. The molecular formula is C31H25ClF2N8O3. The van der Waals surface area contributed by atoms with Gasteiger partial charge in [0, 0.05) is 12.1 Å². The molecule has 6 aromatic rings. The topological polar surface area (TPSA) is 163 Å². The van der Waals surface area contributed by atoms with Crippen LogP contribution in [0.4, 0.5) is 14.6 Å². The summed E-state index contributed by atoms with van der Waals surface area (Å²) in [5.41, 5.74) is 6.60. The molecule has 0 atom stereocenters. The van der Waals surface area contributed by atoms with Gasteiger partial charge in [0.15, 0.2) is 0 Å². The van der Waals surface area contributed by atoms with E-state index in [9.17, 15) is 23.2 Å². The number of hydrogen-bond acceptors (Lipinski definition) is 7. The van der Waals surface area contributed by atoms with Crippen molar-refractivity contribution >= 4 is 51.0 Å². The second-order valence-electron chi connectivity index (χ2n) is 8.93. The molecule has 0 bridgehead atoms. The highest BCUT2D eigenvalue weighted by Gasteiger charge is 2.11. The molecule has 1 amide bonds. The van der Waals surface area contributed by atoms with Crippen molar-refractivity contribution in [3.8, 4) is 0 Å². The van der Waals surface area contributed by atoms with Crippen molar-refractivity contribution in [1.82, 2.24) is 24.8 Å². The average Bonchev–Trinajstić information content (AvgIpc) is 3.83. The molecule has 0 aliphatic carbocycles. The molecular weight excluding hydrogens is 606 g/mol. The quantitative estimate of drug-likeness (QED) is 0.199. The van der Waals surface area contributed by atoms with Crippen LogP contribution >= 0.6 is 11.6 Å². The second kappa shape index (κ2) is 15.5. The Kier molecular flexibility index (Phi) is 11.0. The van der Waals surface area contributed by atoms with Crippen LogP contribution in [0.3, 0.4) is 0 Å². The van der Waals surface area contributed by atoms with Gasteiger partial charge in [0.2, 0.25) is 0 Å². The van der Waals surface area contributed by atoms with E-state index in [2.05, 4.69) is 30.6 Å². The molecule has 7 rings (SSSR count). The minimum atomic E-state index is -0.766. The van der Waals surface area contributed by atoms with E-state index in [1.54, 1.807) is 47.1 Å². The third kappa shape index (κ3) is 8.78. The van der Waals surface area contributed by atoms with Gasteiger partial charge in [-0.1, -0.05) is 42.5 Å². The Labute approximate surface area is 259 Å². The SMILES string of the molecule is NC1=NCC=C1.O=C(Cl)c1ccccc1F.O=C(Nc1ccn[nH]1)c1ccccc1F.O=c1[nH]c2ccnn2c2ccccc12. The van der Waals surface area contributed by atoms with Crippen LogP contribution in [-0.4, -0.2) is 48.3 Å². The molecule has 1 aliphatic heterocycles. The summed E-state index contributed by atoms with van der Waals surface area (Å²) in [6.45, 7) is 0.770. The van der Waals surface area contributed by atoms with Crippen molar-refractivity contribution < 1.29 is 18.4 Å². The molecule has 4 heterocycles. The van der Waals surface area contributed by atoms with Crippen molar-refractivity contribution in [2.24, 2.45) is 10.7 Å². The first-order chi connectivity index (χ1) is 21.7. The van der Waals surface area contributed by atoms with Crippen LogP contribution in [0.5, 0.6) is 0 Å². The number of nitrogens with one attached hydrogen (secondary N) is 3. The summed E-state index contributed by atoms with van der Waals surface area (Å²) in [6, 6.07) is 22.1. The molecule has 0 saturated heterocycles. The Bertz CT molecular complexity index is 2040. The lowest BCUT2D eigenvalue weighted by molar-refractivity contribution is 0.102. The number of carbonyl (C=O) groups is 2. The highest BCUT2D eigenvalue weighted by atomic mass is 35.5. The number of halogens is 3. The number of rotatable bonds is 3. The number of anilines is 1. The van der Waals surface area contributed by atoms with Gasteiger partial charge in [-0.3, -0.25) is 24.5 Å². The summed E-state index contributed by atoms with van der Waals surface area (Å²) in [6.07, 6.45) is 6.89. The molecule has 3 aromatic heterocycles. The van der Waals surface area contributed by atoms with Gasteiger partial charge in [0.1, 0.15) is 28.9 Å². The monoisotopic (exact) mass is 630 g/mol. The van der Waals surface area contributed by atoms with Crippen LogP contribution in [0.2, 0.25) is 0 Å². The minimum absolute atomic E-state index is 0.00657. The molecule has 11 nitrogen and oxygen atoms in total. The predicted octanol–water partition coefficient (Wildman–Crippen LogP) is 5.10. The minimum Gasteiger partial charge on any atom is -0.384 e. The Morgan fingerprint density at radius 1 is 0.889 bits per heavy atom. The van der Waals surface area contributed by atoms with Crippen molar-refractivity contribution in [3.05, 3.63) is 143 Å². The number of carbonyl (C=O) groups excluding carboxylic acids is 2. The number of fused-ring (bicyclic) bond motifs is 3. The van der Waals surface area contributed by atoms with Crippen LogP contribution in [0.15, 0.2) is 119 Å². The summed E-state index contributed by atoms with van der Waals surface area (Å²) < 4.78 is 27.4. The fourth-order valence-electron chi connectivity index (χ4n) is 3.79. The molecule has 0 saturated carbocycles. The van der Waals surface area contributed by atoms with E-state index in [0.717, 1.165) is 12.1 Å². The van der Waals surface area contributed by atoms with Crippen LogP contribution in [0.25, 0.3) is 16.6 Å². The summed E-state index contributed by atoms with van der Waals surface area (Å²) in [5, 5.41) is 12.7. The lowest BCUT2D eigenvalue weighted by Crippen LogP contribution is -2.13. The summed E-state index contributed by atoms with van der Waals surface area (Å²) >= 11 is 5.03. The molecule has 14 heteroatoms. The number of nitrogens with two attached hydrogens (primary N) is 1. The third-order valence-corrected chi connectivity index (χ3v) is 6.09. The normalized spacial score (nSPS) is 11.3. The number of aromatic nitrogens is 5. The van der Waals surface area contributed by atoms with Gasteiger partial charge in [-0.25, -0.2) is 13.3 Å². The van der Waals surface area contributed by atoms with E-state index in [4.69, 9.17) is 17.3 Å². The number of hydrogen-bond donors (Lipinski definition) is 4. The lowest BCUT2D eigenvalue weighted by Gasteiger charge is -2.02. The lowest BCUT2D eigenvalue weighted by atomic mass is 10.2. The number of amides is 1. The second-order valence-corrected chi connectivity index (χ2v) is 9.27. The Morgan fingerprint density at radius 2 is 1.56 bits per heavy atom. The highest BCUT2D eigenvalue weighted by Crippen LogP contribution is 2.11. The molecule has 0 spiro atoms. The number of para-hydroxylation sites is 1. The number of aromatic amines is 2. The fraction of sp³-hybridized carbons (Fsp3) is 0.0323. The summed E-state index contributed by atoms with van der Waals surface area (Å²) in [5.74, 6) is -0.549. The van der Waals surface area contributed by atoms with Gasteiger partial charge < -0.3 is 16.0 Å². The van der Waals surface area contributed by atoms with Crippen LogP contribution in [0, 0.1) is 11.6 Å². The Balaban J connectivity index is 0.000000143. The maximum atomic E-state index is 13.2. The molecule has 3 aromatic carbocycles. The molecule has 0 radical (unpaired) electrons. The summed E-state index contributed by atoms with van der Waals surface area (Å²) in [7, 11) is 0. The molecule has 0 fully saturated rings. The van der Waals surface area contributed by atoms with Gasteiger partial charge in [-0.2, -0.15) is 10.2 Å². The van der Waals surface area contributed by atoms with E-state index in [0.29, 0.717) is 22.7 Å². The van der Waals surface area contributed by atoms with E-state index < -0.39 is 22.8 Å². The zero-order chi connectivity index (χ0) is 32.2. The smallest absolute Gasteiger partial charge is 0.259 e. The largest absolute Gasteiger partial charge is 0.384 e. The molecule has 5 N–H and O–H groups in total. The van der Waals surface area contributed by atoms with E-state index >= 15 is 0 Å². The Morgan fingerprint density at radius 3 is 2.11 bits per heavy atom. The Hall–Kier alpha value is -5.95. The van der Waals surface area contributed by atoms with Crippen molar-refractivity contribution in [3.63, 3.8) is 0 Å². The first-order valence-corrected chi connectivity index (χ1v) is 13.5. The standard InChI is InChI=1S/C10H8FN3O.C10H7N3O.C7H4ClFO.C4H6N2/c11-8-4-2-1-3-7(8)10(15)13-9-5-6-12-14-9;14-10-7-3-1-2-4-8(7)13-9(12-10)5-6-11-13;8-7(10)5-3-1-2-4-6(5)9;5-4-2-1-3-6-4/h1-6H,(H2,12,13,14,15);1-6H,(H,12,14);1-4H;1-2H,3H2,(H2,5,6). The van der Waals surface area contributed by atoms with Crippen LogP contribution in [-0.2, 0) is 0 Å². The number of aliphatic imine (C=N–C) groups is 1. The van der Waals surface area contributed by atoms with Gasteiger partial charge in [0.05, 0.1) is 41.0 Å². The first kappa shape index (κ1) is 32.0. The number of amidine groups is 1. The van der Waals surface area contributed by atoms with Gasteiger partial charge in [-0.15, -0.1) is 0 Å². The van der Waals surface area contributed by atoms with E-state index in [1.807, 2.05) is 24.3 Å². The average molecular weight is 631 g/mol. The van der Waals surface area contributed by atoms with E-state index in [1.165, 1.54) is 42.6 Å². The van der Waals surface area contributed by atoms with Crippen molar-refractivity contribution in [1.29, 1.82) is 0 Å². The maximum Gasteiger partial charge on any atom is 0.259 e. The zero-order valence-corrected chi connectivity index (χ0v) is 24.1. The zero-order valence-electron chi connectivity index (χ0n) is 23.3. The highest BCUT2D eigenvalue weighted by molar-refractivity contribution is 6.67. The number of H-pyrrole nitrogens is 2. The van der Waals surface area contributed by atoms with Crippen LogP contribution < -0.4 is 16.6 Å². The van der Waals surface area contributed by atoms with Gasteiger partial charge in [0.25, 0.3) is 16.7 Å². The molecule has 0 unspecified atom stereocenters. The summed E-state index contributed by atoms with van der Waals surface area (Å²) in [4.78, 5) is 40.1. The number of benzene rings is 3. The van der Waals surface area contributed by atoms with Crippen molar-refractivity contribution in [2.45, 2.75) is 0 Å². The van der Waals surface area contributed by atoms with Crippen molar-refractivity contribution in [2.75, 3.05) is 11.9 Å². The molecule has 228 valence electrons. The van der Waals surface area contributed by atoms with Gasteiger partial charge in [-0.05, 0) is 54.1 Å². The van der Waals surface area contributed by atoms with Gasteiger partial charge >= 0.3 is 0 Å². The molecule has 45 heavy (non-hydrogen) atoms. The first-order valence-electron chi connectivity index (χ1n) is 13.2. The third-order valence-electron chi connectivity index (χ3n) is 5.88. The van der Waals surface area contributed by atoms with Crippen LogP contribution in [0.1, 0.15) is 20.7 Å². The maximum absolute atomic E-state index is 13.2. The number of nitrogens with zero attached hydrogens (tertiary/aromatic N) is 4. The molecule has 1 aliphatic rings. The predicted molar refractivity (Wildman–Crippen MR) is 168 cm³/mol.